The average Bonchev–Trinajstić information content (AvgIpc) is 2.90. The van der Waals surface area contributed by atoms with Crippen molar-refractivity contribution in [3.05, 3.63) is 96.1 Å². The van der Waals surface area contributed by atoms with Gasteiger partial charge in [-0.15, -0.1) is 0 Å². The number of aliphatic hydroxyl groups excluding tert-OH is 1. The van der Waals surface area contributed by atoms with Crippen LogP contribution in [0.5, 0.6) is 5.75 Å². The minimum atomic E-state index is -0.890. The van der Waals surface area contributed by atoms with E-state index in [9.17, 15) is 5.11 Å². The van der Waals surface area contributed by atoms with Crippen LogP contribution in [0.1, 0.15) is 17.4 Å². The van der Waals surface area contributed by atoms with E-state index >= 15 is 0 Å². The number of hydrogen-bond donors (Lipinski definition) is 1. The van der Waals surface area contributed by atoms with Gasteiger partial charge < -0.3 is 28.8 Å². The van der Waals surface area contributed by atoms with Crippen molar-refractivity contribution in [3.8, 4) is 5.75 Å². The molecule has 0 amide bonds. The maximum atomic E-state index is 11.3. The molecule has 6 nitrogen and oxygen atoms in total. The summed E-state index contributed by atoms with van der Waals surface area (Å²) in [6.45, 7) is 0.684. The van der Waals surface area contributed by atoms with E-state index in [-0.39, 0.29) is 6.10 Å². The summed E-state index contributed by atoms with van der Waals surface area (Å²) in [7, 11) is 1.64. The molecule has 3 unspecified atom stereocenters. The number of fused-ring (bicyclic) bond motifs is 1. The molecule has 0 aliphatic carbocycles. The highest BCUT2D eigenvalue weighted by atomic mass is 32.2. The first-order valence-electron chi connectivity index (χ1n) is 11.3. The molecule has 3 aromatic carbocycles. The summed E-state index contributed by atoms with van der Waals surface area (Å²) in [5.41, 5.74) is 1.39. The number of ether oxygens (including phenoxy) is 5. The fraction of sp³-hybridized carbons (Fsp3) is 0.333. The van der Waals surface area contributed by atoms with Gasteiger partial charge in [-0.3, -0.25) is 0 Å². The maximum Gasteiger partial charge on any atom is 0.184 e. The molecule has 178 valence electrons. The van der Waals surface area contributed by atoms with Gasteiger partial charge in [0.1, 0.15) is 35.6 Å². The van der Waals surface area contributed by atoms with Gasteiger partial charge in [-0.25, -0.2) is 0 Å². The SMILES string of the molecule is COc1ccc(CO[C@@H]2C(O)[C@H](Sc3ccccc3)OC3COC(c4ccccc4)O[C@@H]32)cc1. The Balaban J connectivity index is 1.35. The van der Waals surface area contributed by atoms with Crippen LogP contribution in [-0.4, -0.2) is 48.7 Å². The summed E-state index contributed by atoms with van der Waals surface area (Å²) < 4.78 is 30.1. The molecule has 6 atom stereocenters. The minimum Gasteiger partial charge on any atom is -0.497 e. The second-order valence-electron chi connectivity index (χ2n) is 8.26. The molecule has 0 saturated carbocycles. The zero-order chi connectivity index (χ0) is 23.3. The lowest BCUT2D eigenvalue weighted by molar-refractivity contribution is -0.325. The minimum absolute atomic E-state index is 0.331. The molecule has 2 fully saturated rings. The lowest BCUT2D eigenvalue weighted by Gasteiger charge is -2.47. The molecule has 5 rings (SSSR count). The zero-order valence-corrected chi connectivity index (χ0v) is 19.7. The predicted molar refractivity (Wildman–Crippen MR) is 129 cm³/mol. The number of hydrogen-bond acceptors (Lipinski definition) is 7. The summed E-state index contributed by atoms with van der Waals surface area (Å²) >= 11 is 1.48. The highest BCUT2D eigenvalue weighted by Gasteiger charge is 2.50. The van der Waals surface area contributed by atoms with Crippen LogP contribution >= 0.6 is 11.8 Å². The monoisotopic (exact) mass is 480 g/mol. The van der Waals surface area contributed by atoms with Gasteiger partial charge in [0.25, 0.3) is 0 Å². The topological polar surface area (TPSA) is 66.4 Å². The van der Waals surface area contributed by atoms with Crippen LogP contribution in [0.2, 0.25) is 0 Å². The molecule has 3 aromatic rings. The molecule has 0 bridgehead atoms. The van der Waals surface area contributed by atoms with Crippen LogP contribution in [0.15, 0.2) is 89.8 Å². The smallest absolute Gasteiger partial charge is 0.184 e. The van der Waals surface area contributed by atoms with E-state index < -0.39 is 30.0 Å². The van der Waals surface area contributed by atoms with Gasteiger partial charge in [-0.2, -0.15) is 0 Å². The van der Waals surface area contributed by atoms with Crippen LogP contribution in [0.25, 0.3) is 0 Å². The van der Waals surface area contributed by atoms with Crippen molar-refractivity contribution in [2.24, 2.45) is 0 Å². The normalized spacial score (nSPS) is 28.8. The Morgan fingerprint density at radius 2 is 1.62 bits per heavy atom. The van der Waals surface area contributed by atoms with Crippen molar-refractivity contribution in [2.45, 2.75) is 47.6 Å². The molecule has 0 aromatic heterocycles. The first kappa shape index (κ1) is 23.4. The standard InChI is InChI=1S/C27H28O6S/c1-29-20-14-12-18(13-15-20)16-30-25-23(28)27(34-21-10-6-3-7-11-21)32-22-17-31-26(33-24(22)25)19-8-4-2-5-9-19/h2-15,22-28H,16-17H2,1H3/t22?,23?,24-,25+,26?,27-/m0/s1. The molecule has 1 N–H and O–H groups in total. The first-order chi connectivity index (χ1) is 16.7. The van der Waals surface area contributed by atoms with Gasteiger partial charge in [0.2, 0.25) is 0 Å². The lowest BCUT2D eigenvalue weighted by Crippen LogP contribution is -2.61. The molecule has 0 spiro atoms. The van der Waals surface area contributed by atoms with E-state index in [0.717, 1.165) is 21.8 Å². The maximum absolute atomic E-state index is 11.3. The van der Waals surface area contributed by atoms with E-state index in [2.05, 4.69) is 0 Å². The molecule has 2 saturated heterocycles. The number of thioether (sulfide) groups is 1. The van der Waals surface area contributed by atoms with Gasteiger partial charge in [-0.05, 0) is 29.8 Å². The largest absolute Gasteiger partial charge is 0.497 e. The fourth-order valence-electron chi connectivity index (χ4n) is 4.18. The molecule has 2 heterocycles. The van der Waals surface area contributed by atoms with E-state index in [0.29, 0.717) is 13.2 Å². The van der Waals surface area contributed by atoms with Gasteiger partial charge in [0.15, 0.2) is 6.29 Å². The van der Waals surface area contributed by atoms with Crippen molar-refractivity contribution in [2.75, 3.05) is 13.7 Å². The summed E-state index contributed by atoms with van der Waals surface area (Å²) in [6, 6.07) is 27.4. The van der Waals surface area contributed by atoms with Crippen LogP contribution in [-0.2, 0) is 25.6 Å². The molecule has 2 aliphatic heterocycles. The third-order valence-electron chi connectivity index (χ3n) is 5.98. The number of rotatable bonds is 7. The zero-order valence-electron chi connectivity index (χ0n) is 18.9. The number of methoxy groups -OCH3 is 1. The van der Waals surface area contributed by atoms with E-state index in [1.54, 1.807) is 7.11 Å². The molecule has 2 aliphatic rings. The average molecular weight is 481 g/mol. The van der Waals surface area contributed by atoms with Crippen molar-refractivity contribution in [1.29, 1.82) is 0 Å². The summed E-state index contributed by atoms with van der Waals surface area (Å²) in [6.07, 6.45) is -2.84. The van der Waals surface area contributed by atoms with Gasteiger partial charge in [0, 0.05) is 10.5 Å². The molecular formula is C27H28O6S. The van der Waals surface area contributed by atoms with Crippen molar-refractivity contribution in [3.63, 3.8) is 0 Å². The Hall–Kier alpha value is -2.39. The van der Waals surface area contributed by atoms with Gasteiger partial charge >= 0.3 is 0 Å². The molecule has 34 heavy (non-hydrogen) atoms. The third kappa shape index (κ3) is 5.30. The van der Waals surface area contributed by atoms with Gasteiger partial charge in [-0.1, -0.05) is 72.4 Å². The van der Waals surface area contributed by atoms with Crippen molar-refractivity contribution < 1.29 is 28.8 Å². The second-order valence-corrected chi connectivity index (χ2v) is 9.44. The Morgan fingerprint density at radius 3 is 2.32 bits per heavy atom. The molecular weight excluding hydrogens is 452 g/mol. The lowest BCUT2D eigenvalue weighted by atomic mass is 9.98. The quantitative estimate of drug-likeness (QED) is 0.531. The first-order valence-corrected chi connectivity index (χ1v) is 12.2. The third-order valence-corrected chi connectivity index (χ3v) is 7.14. The fourth-order valence-corrected chi connectivity index (χ4v) is 5.25. The second kappa shape index (κ2) is 10.9. The Bertz CT molecular complexity index is 1030. The summed E-state index contributed by atoms with van der Waals surface area (Å²) in [5.74, 6) is 0.785. The van der Waals surface area contributed by atoms with E-state index in [4.69, 9.17) is 23.7 Å². The number of benzene rings is 3. The van der Waals surface area contributed by atoms with E-state index in [1.165, 1.54) is 11.8 Å². The Kier molecular flexibility index (Phi) is 7.49. The summed E-state index contributed by atoms with van der Waals surface area (Å²) in [4.78, 5) is 1.01. The Morgan fingerprint density at radius 1 is 0.912 bits per heavy atom. The van der Waals surface area contributed by atoms with Crippen molar-refractivity contribution in [1.82, 2.24) is 0 Å². The highest BCUT2D eigenvalue weighted by Crippen LogP contribution is 2.40. The van der Waals surface area contributed by atoms with Crippen LogP contribution in [0.3, 0.4) is 0 Å². The van der Waals surface area contributed by atoms with Crippen LogP contribution < -0.4 is 4.74 Å². The molecule has 0 radical (unpaired) electrons. The van der Waals surface area contributed by atoms with Crippen molar-refractivity contribution >= 4 is 11.8 Å². The Labute approximate surface area is 203 Å². The van der Waals surface area contributed by atoms with Gasteiger partial charge in [0.05, 0.1) is 20.3 Å². The van der Waals surface area contributed by atoms with E-state index in [1.807, 2.05) is 84.9 Å². The summed E-state index contributed by atoms with van der Waals surface area (Å²) in [5, 5.41) is 11.3. The number of aliphatic hydroxyl groups is 1. The van der Waals surface area contributed by atoms with Crippen LogP contribution in [0, 0.1) is 0 Å². The van der Waals surface area contributed by atoms with Crippen LogP contribution in [0.4, 0.5) is 0 Å². The molecule has 7 heteroatoms. The predicted octanol–water partition coefficient (Wildman–Crippen LogP) is 4.57. The highest BCUT2D eigenvalue weighted by molar-refractivity contribution is 7.99.